The van der Waals surface area contributed by atoms with Crippen molar-refractivity contribution in [1.29, 1.82) is 0 Å². The molecular weight excluding hydrogens is 254 g/mol. The highest BCUT2D eigenvalue weighted by molar-refractivity contribution is 6.33. The summed E-state index contributed by atoms with van der Waals surface area (Å²) in [6.07, 6.45) is 2.84. The van der Waals surface area contributed by atoms with Crippen LogP contribution in [0.25, 0.3) is 0 Å². The van der Waals surface area contributed by atoms with Gasteiger partial charge in [0.05, 0.1) is 18.6 Å². The van der Waals surface area contributed by atoms with E-state index in [9.17, 15) is 4.79 Å². The number of nitrogens with two attached hydrogens (primary N) is 1. The summed E-state index contributed by atoms with van der Waals surface area (Å²) in [5.41, 5.74) is 8.88. The van der Waals surface area contributed by atoms with Crippen LogP contribution in [0.3, 0.4) is 0 Å². The predicted octanol–water partition coefficient (Wildman–Crippen LogP) is 2.31. The van der Waals surface area contributed by atoms with Crippen molar-refractivity contribution in [2.75, 3.05) is 7.11 Å². The second kappa shape index (κ2) is 5.16. The molecule has 18 heavy (non-hydrogen) atoms. The fraction of sp³-hybridized carbons (Fsp3) is 0.462. The van der Waals surface area contributed by atoms with Gasteiger partial charge < -0.3 is 15.6 Å². The number of hydrogen-bond donors (Lipinski definition) is 2. The maximum absolute atomic E-state index is 10.7. The third-order valence-corrected chi connectivity index (χ3v) is 3.71. The van der Waals surface area contributed by atoms with Crippen LogP contribution >= 0.6 is 11.6 Å². The van der Waals surface area contributed by atoms with Crippen molar-refractivity contribution < 1.29 is 14.6 Å². The van der Waals surface area contributed by atoms with Gasteiger partial charge in [0.2, 0.25) is 0 Å². The van der Waals surface area contributed by atoms with Crippen LogP contribution in [-0.2, 0) is 17.6 Å². The summed E-state index contributed by atoms with van der Waals surface area (Å²) in [7, 11) is 1.53. The molecule has 0 radical (unpaired) electrons. The maximum Gasteiger partial charge on any atom is 0.305 e. The number of fused-ring (bicyclic) bond motifs is 1. The van der Waals surface area contributed by atoms with Crippen molar-refractivity contribution in [2.45, 2.75) is 31.7 Å². The summed E-state index contributed by atoms with van der Waals surface area (Å²) < 4.78 is 5.30. The van der Waals surface area contributed by atoms with Gasteiger partial charge in [0.1, 0.15) is 5.75 Å². The molecule has 1 aromatic rings. The Morgan fingerprint density at radius 1 is 1.61 bits per heavy atom. The normalized spacial score (nSPS) is 15.3. The topological polar surface area (TPSA) is 72.5 Å². The molecule has 0 aromatic heterocycles. The number of halogens is 1. The molecule has 1 aliphatic carbocycles. The lowest BCUT2D eigenvalue weighted by atomic mass is 9.98. The molecule has 0 amide bonds. The van der Waals surface area contributed by atoms with Gasteiger partial charge >= 0.3 is 5.97 Å². The second-order valence-electron chi connectivity index (χ2n) is 4.51. The van der Waals surface area contributed by atoms with Gasteiger partial charge in [-0.2, -0.15) is 0 Å². The molecule has 4 nitrogen and oxygen atoms in total. The minimum absolute atomic E-state index is 0.133. The highest BCUT2D eigenvalue weighted by Crippen LogP contribution is 2.41. The first kappa shape index (κ1) is 13.2. The first-order chi connectivity index (χ1) is 8.54. The lowest BCUT2D eigenvalue weighted by molar-refractivity contribution is -0.137. The van der Waals surface area contributed by atoms with Gasteiger partial charge in [0.25, 0.3) is 0 Å². The van der Waals surface area contributed by atoms with Gasteiger partial charge in [-0.15, -0.1) is 0 Å². The van der Waals surface area contributed by atoms with Gasteiger partial charge in [0, 0.05) is 11.6 Å². The number of carboxylic acid groups (broad SMARTS) is 1. The van der Waals surface area contributed by atoms with E-state index in [2.05, 4.69) is 0 Å². The van der Waals surface area contributed by atoms with E-state index in [1.165, 1.54) is 7.11 Å². The van der Waals surface area contributed by atoms with Crippen LogP contribution in [0.15, 0.2) is 6.07 Å². The molecule has 2 rings (SSSR count). The Kier molecular flexibility index (Phi) is 3.78. The zero-order chi connectivity index (χ0) is 13.3. The quantitative estimate of drug-likeness (QED) is 0.880. The molecule has 0 fully saturated rings. The fourth-order valence-electron chi connectivity index (χ4n) is 2.48. The van der Waals surface area contributed by atoms with E-state index < -0.39 is 12.0 Å². The average molecular weight is 270 g/mol. The summed E-state index contributed by atoms with van der Waals surface area (Å²) in [6, 6.07) is 1.35. The second-order valence-corrected chi connectivity index (χ2v) is 4.89. The summed E-state index contributed by atoms with van der Waals surface area (Å²) in [6.45, 7) is 0. The number of aliphatic carboxylic acids is 1. The first-order valence-electron chi connectivity index (χ1n) is 5.90. The molecule has 0 spiro atoms. The van der Waals surface area contributed by atoms with Crippen molar-refractivity contribution in [3.05, 3.63) is 27.8 Å². The first-order valence-corrected chi connectivity index (χ1v) is 6.28. The van der Waals surface area contributed by atoms with Crippen molar-refractivity contribution >= 4 is 17.6 Å². The minimum Gasteiger partial charge on any atom is -0.495 e. The number of rotatable bonds is 4. The number of carboxylic acids is 1. The van der Waals surface area contributed by atoms with Crippen LogP contribution < -0.4 is 10.5 Å². The largest absolute Gasteiger partial charge is 0.495 e. The van der Waals surface area contributed by atoms with Crippen LogP contribution in [0.4, 0.5) is 0 Å². The molecule has 98 valence electrons. The molecular formula is C13H16ClNO3. The van der Waals surface area contributed by atoms with Crippen LogP contribution in [0, 0.1) is 0 Å². The third-order valence-electron chi connectivity index (χ3n) is 3.31. The number of hydrogen-bond acceptors (Lipinski definition) is 3. The van der Waals surface area contributed by atoms with E-state index in [-0.39, 0.29) is 6.42 Å². The van der Waals surface area contributed by atoms with Crippen molar-refractivity contribution in [1.82, 2.24) is 0 Å². The Morgan fingerprint density at radius 3 is 2.94 bits per heavy atom. The van der Waals surface area contributed by atoms with Gasteiger partial charge in [-0.3, -0.25) is 4.79 Å². The zero-order valence-corrected chi connectivity index (χ0v) is 11.0. The van der Waals surface area contributed by atoms with Gasteiger partial charge in [0.15, 0.2) is 0 Å². The number of benzene rings is 1. The van der Waals surface area contributed by atoms with Gasteiger partial charge in [-0.05, 0) is 30.4 Å². The Bertz CT molecular complexity index is 488. The molecule has 3 N–H and O–H groups in total. The standard InChI is InChI=1S/C13H16ClNO3/c1-18-13-9(10(15)6-11(16)17)5-7-3-2-4-8(7)12(13)14/h5,10H,2-4,6,15H2,1H3,(H,16,17). The summed E-state index contributed by atoms with van der Waals surface area (Å²) >= 11 is 6.31. The highest BCUT2D eigenvalue weighted by atomic mass is 35.5. The van der Waals surface area contributed by atoms with Crippen molar-refractivity contribution in [3.63, 3.8) is 0 Å². The molecule has 1 atom stereocenters. The number of aryl methyl sites for hydroxylation is 1. The monoisotopic (exact) mass is 269 g/mol. The van der Waals surface area contributed by atoms with E-state index in [0.717, 1.165) is 30.4 Å². The van der Waals surface area contributed by atoms with Crippen LogP contribution in [0.5, 0.6) is 5.75 Å². The van der Waals surface area contributed by atoms with Crippen molar-refractivity contribution in [2.24, 2.45) is 5.73 Å². The summed E-state index contributed by atoms with van der Waals surface area (Å²) in [5, 5.41) is 9.40. The van der Waals surface area contributed by atoms with E-state index in [0.29, 0.717) is 16.3 Å². The highest BCUT2D eigenvalue weighted by Gasteiger charge is 2.24. The SMILES string of the molecule is COc1c(C(N)CC(=O)O)cc2c(c1Cl)CCC2. The maximum atomic E-state index is 10.7. The third kappa shape index (κ3) is 2.31. The smallest absolute Gasteiger partial charge is 0.305 e. The van der Waals surface area contributed by atoms with E-state index >= 15 is 0 Å². The number of carbonyl (C=O) groups is 1. The molecule has 0 bridgehead atoms. The Hall–Kier alpha value is -1.26. The molecule has 0 aliphatic heterocycles. The van der Waals surface area contributed by atoms with Crippen LogP contribution in [0.2, 0.25) is 5.02 Å². The van der Waals surface area contributed by atoms with E-state index in [1.807, 2.05) is 6.07 Å². The predicted molar refractivity (Wildman–Crippen MR) is 69.2 cm³/mol. The van der Waals surface area contributed by atoms with Crippen LogP contribution in [0.1, 0.15) is 35.6 Å². The molecule has 0 saturated carbocycles. The molecule has 1 aromatic carbocycles. The molecule has 1 aliphatic rings. The lowest BCUT2D eigenvalue weighted by Crippen LogP contribution is -2.16. The number of methoxy groups -OCH3 is 1. The lowest BCUT2D eigenvalue weighted by Gasteiger charge is -2.18. The Labute approximate surface area is 111 Å². The summed E-state index contributed by atoms with van der Waals surface area (Å²) in [5.74, 6) is -0.410. The van der Waals surface area contributed by atoms with Gasteiger partial charge in [-0.1, -0.05) is 17.7 Å². The average Bonchev–Trinajstić information content (AvgIpc) is 2.76. The Balaban J connectivity index is 2.46. The number of ether oxygens (including phenoxy) is 1. The fourth-order valence-corrected chi connectivity index (χ4v) is 2.88. The minimum atomic E-state index is -0.929. The van der Waals surface area contributed by atoms with Gasteiger partial charge in [-0.25, -0.2) is 0 Å². The van der Waals surface area contributed by atoms with Crippen LogP contribution in [-0.4, -0.2) is 18.2 Å². The molecule has 0 heterocycles. The van der Waals surface area contributed by atoms with E-state index in [1.54, 1.807) is 0 Å². The Morgan fingerprint density at radius 2 is 2.33 bits per heavy atom. The molecule has 5 heteroatoms. The zero-order valence-electron chi connectivity index (χ0n) is 10.2. The summed E-state index contributed by atoms with van der Waals surface area (Å²) in [4.78, 5) is 10.7. The molecule has 1 unspecified atom stereocenters. The van der Waals surface area contributed by atoms with E-state index in [4.69, 9.17) is 27.2 Å². The molecule has 0 saturated heterocycles. The van der Waals surface area contributed by atoms with Crippen molar-refractivity contribution in [3.8, 4) is 5.75 Å².